The van der Waals surface area contributed by atoms with E-state index in [1.54, 1.807) is 0 Å². The Kier molecular flexibility index (Phi) is 6.67. The summed E-state index contributed by atoms with van der Waals surface area (Å²) >= 11 is 5.70. The van der Waals surface area contributed by atoms with Gasteiger partial charge in [-0.05, 0) is 30.3 Å². The first-order chi connectivity index (χ1) is 13.1. The van der Waals surface area contributed by atoms with Gasteiger partial charge in [0.2, 0.25) is 10.0 Å². The van der Waals surface area contributed by atoms with Crippen LogP contribution in [0.3, 0.4) is 0 Å². The Balaban J connectivity index is 1.93. The van der Waals surface area contributed by atoms with Crippen LogP contribution in [0.25, 0.3) is 0 Å². The van der Waals surface area contributed by atoms with Gasteiger partial charge in [0, 0.05) is 0 Å². The van der Waals surface area contributed by atoms with E-state index in [9.17, 15) is 27.2 Å². The van der Waals surface area contributed by atoms with E-state index in [4.69, 9.17) is 16.7 Å². The maximum Gasteiger partial charge on any atom is 0.338 e. The van der Waals surface area contributed by atoms with Crippen LogP contribution in [0.15, 0.2) is 47.4 Å². The first-order valence-corrected chi connectivity index (χ1v) is 9.35. The number of halogens is 2. The number of carbonyl (C=O) groups excluding carboxylic acids is 3. The highest BCUT2D eigenvalue weighted by Gasteiger charge is 2.18. The summed E-state index contributed by atoms with van der Waals surface area (Å²) in [5, 5.41) is 8.73. The van der Waals surface area contributed by atoms with Crippen LogP contribution in [0.1, 0.15) is 10.4 Å². The molecule has 2 aromatic rings. The second kappa shape index (κ2) is 8.78. The van der Waals surface area contributed by atoms with E-state index in [1.165, 1.54) is 24.3 Å². The van der Waals surface area contributed by atoms with Crippen molar-refractivity contribution in [3.8, 4) is 0 Å². The number of urea groups is 1. The van der Waals surface area contributed by atoms with E-state index in [1.807, 2.05) is 5.32 Å². The third kappa shape index (κ3) is 5.74. The zero-order chi connectivity index (χ0) is 20.9. The third-order valence-corrected chi connectivity index (χ3v) is 4.58. The van der Waals surface area contributed by atoms with Gasteiger partial charge >= 0.3 is 12.0 Å². The van der Waals surface area contributed by atoms with E-state index in [2.05, 4.69) is 10.1 Å². The minimum Gasteiger partial charge on any atom is -0.452 e. The van der Waals surface area contributed by atoms with E-state index in [0.717, 1.165) is 18.2 Å². The van der Waals surface area contributed by atoms with E-state index >= 15 is 0 Å². The highest BCUT2D eigenvalue weighted by Crippen LogP contribution is 2.21. The molecule has 2 aromatic carbocycles. The quantitative estimate of drug-likeness (QED) is 0.616. The van der Waals surface area contributed by atoms with Gasteiger partial charge in [0.15, 0.2) is 6.61 Å². The minimum atomic E-state index is -4.17. The Labute approximate surface area is 163 Å². The second-order valence-corrected chi connectivity index (χ2v) is 7.19. The molecule has 0 radical (unpaired) electrons. The topological polar surface area (TPSA) is 145 Å². The van der Waals surface area contributed by atoms with Gasteiger partial charge in [-0.15, -0.1) is 0 Å². The van der Waals surface area contributed by atoms with E-state index in [-0.39, 0.29) is 16.3 Å². The normalized spacial score (nSPS) is 10.8. The fourth-order valence-corrected chi connectivity index (χ4v) is 3.01. The Hall–Kier alpha value is -3.02. The molecular formula is C16H13ClFN3O6S. The summed E-state index contributed by atoms with van der Waals surface area (Å²) in [6.45, 7) is -0.850. The Morgan fingerprint density at radius 2 is 1.82 bits per heavy atom. The molecule has 2 rings (SSSR count). The van der Waals surface area contributed by atoms with Gasteiger partial charge in [-0.1, -0.05) is 23.7 Å². The van der Waals surface area contributed by atoms with Crippen LogP contribution in [0.2, 0.25) is 5.02 Å². The van der Waals surface area contributed by atoms with Gasteiger partial charge in [0.1, 0.15) is 10.7 Å². The summed E-state index contributed by atoms with van der Waals surface area (Å²) in [6.07, 6.45) is 0. The number of nitrogens with one attached hydrogen (secondary N) is 2. The third-order valence-electron chi connectivity index (χ3n) is 3.18. The molecule has 0 saturated heterocycles. The molecule has 0 bridgehead atoms. The molecular weight excluding hydrogens is 417 g/mol. The maximum atomic E-state index is 13.4. The van der Waals surface area contributed by atoms with Crippen LogP contribution < -0.4 is 15.8 Å². The van der Waals surface area contributed by atoms with Crippen molar-refractivity contribution >= 4 is 45.2 Å². The van der Waals surface area contributed by atoms with Crippen LogP contribution in [-0.4, -0.2) is 32.9 Å². The Bertz CT molecular complexity index is 1040. The van der Waals surface area contributed by atoms with Crippen molar-refractivity contribution in [2.75, 3.05) is 11.9 Å². The predicted octanol–water partition coefficient (Wildman–Crippen LogP) is 1.63. The molecule has 0 aliphatic heterocycles. The maximum absolute atomic E-state index is 13.4. The summed E-state index contributed by atoms with van der Waals surface area (Å²) < 4.78 is 40.9. The van der Waals surface area contributed by atoms with Crippen molar-refractivity contribution in [3.63, 3.8) is 0 Å². The molecule has 0 aliphatic carbocycles. The molecule has 0 heterocycles. The number of rotatable bonds is 5. The monoisotopic (exact) mass is 429 g/mol. The number of para-hydroxylation sites is 1. The molecule has 0 saturated carbocycles. The standard InChI is InChI=1S/C16H13ClFN3O6S/c17-10-6-5-9(7-13(10)28(19,25)26)15(23)27-8-14(22)21-16(24)20-12-4-2-1-3-11(12)18/h1-7H,8H2,(H2,19,25,26)(H2,20,21,22,24). The average Bonchev–Trinajstić information content (AvgIpc) is 2.61. The van der Waals surface area contributed by atoms with Gasteiger partial charge in [0.05, 0.1) is 16.3 Å². The van der Waals surface area contributed by atoms with Gasteiger partial charge in [-0.25, -0.2) is 27.5 Å². The number of primary sulfonamides is 1. The molecule has 0 aliphatic rings. The van der Waals surface area contributed by atoms with Crippen LogP contribution in [0, 0.1) is 5.82 Å². The van der Waals surface area contributed by atoms with E-state index < -0.39 is 45.3 Å². The lowest BCUT2D eigenvalue weighted by Gasteiger charge is -2.09. The molecule has 0 fully saturated rings. The van der Waals surface area contributed by atoms with Crippen molar-refractivity contribution in [1.82, 2.24) is 5.32 Å². The number of hydrogen-bond donors (Lipinski definition) is 3. The summed E-state index contributed by atoms with van der Waals surface area (Å²) in [5.41, 5.74) is -0.376. The summed E-state index contributed by atoms with van der Waals surface area (Å²) in [6, 6.07) is 7.44. The molecule has 0 unspecified atom stereocenters. The van der Waals surface area contributed by atoms with E-state index in [0.29, 0.717) is 0 Å². The summed E-state index contributed by atoms with van der Waals surface area (Å²) in [5.74, 6) is -2.75. The first-order valence-electron chi connectivity index (χ1n) is 7.43. The number of ether oxygens (including phenoxy) is 1. The number of benzene rings is 2. The van der Waals surface area contributed by atoms with Gasteiger partial charge in [0.25, 0.3) is 5.91 Å². The SMILES string of the molecule is NS(=O)(=O)c1cc(C(=O)OCC(=O)NC(=O)Nc2ccccc2F)ccc1Cl. The fourth-order valence-electron chi connectivity index (χ4n) is 1.94. The van der Waals surface area contributed by atoms with Crippen molar-refractivity contribution in [1.29, 1.82) is 0 Å². The van der Waals surface area contributed by atoms with Gasteiger partial charge in [-0.2, -0.15) is 0 Å². The van der Waals surface area contributed by atoms with Crippen molar-refractivity contribution in [2.24, 2.45) is 5.14 Å². The lowest BCUT2D eigenvalue weighted by Crippen LogP contribution is -2.37. The minimum absolute atomic E-state index is 0.151. The molecule has 0 spiro atoms. The first kappa shape index (κ1) is 21.3. The van der Waals surface area contributed by atoms with Gasteiger partial charge < -0.3 is 10.1 Å². The fraction of sp³-hybridized carbons (Fsp3) is 0.0625. The molecule has 0 aromatic heterocycles. The number of sulfonamides is 1. The molecule has 0 atom stereocenters. The lowest BCUT2D eigenvalue weighted by atomic mass is 10.2. The smallest absolute Gasteiger partial charge is 0.338 e. The second-order valence-electron chi connectivity index (χ2n) is 5.25. The summed E-state index contributed by atoms with van der Waals surface area (Å²) in [4.78, 5) is 34.7. The molecule has 9 nitrogen and oxygen atoms in total. The Morgan fingerprint density at radius 3 is 2.46 bits per heavy atom. The lowest BCUT2D eigenvalue weighted by molar-refractivity contribution is -0.123. The number of hydrogen-bond acceptors (Lipinski definition) is 6. The number of esters is 1. The number of carbonyl (C=O) groups is 3. The molecule has 28 heavy (non-hydrogen) atoms. The average molecular weight is 430 g/mol. The summed E-state index contributed by atoms with van der Waals surface area (Å²) in [7, 11) is -4.17. The largest absolute Gasteiger partial charge is 0.452 e. The van der Waals surface area contributed by atoms with Crippen LogP contribution in [0.5, 0.6) is 0 Å². The van der Waals surface area contributed by atoms with Crippen molar-refractivity contribution < 1.29 is 31.9 Å². The van der Waals surface area contributed by atoms with Gasteiger partial charge in [-0.3, -0.25) is 10.1 Å². The number of amides is 3. The zero-order valence-electron chi connectivity index (χ0n) is 13.9. The number of anilines is 1. The zero-order valence-corrected chi connectivity index (χ0v) is 15.5. The Morgan fingerprint density at radius 1 is 1.14 bits per heavy atom. The van der Waals surface area contributed by atoms with Crippen LogP contribution >= 0.6 is 11.6 Å². The van der Waals surface area contributed by atoms with Crippen LogP contribution in [-0.2, 0) is 19.6 Å². The van der Waals surface area contributed by atoms with Crippen molar-refractivity contribution in [3.05, 3.63) is 58.9 Å². The molecule has 3 amide bonds. The highest BCUT2D eigenvalue weighted by atomic mass is 35.5. The predicted molar refractivity (Wildman–Crippen MR) is 96.7 cm³/mol. The van der Waals surface area contributed by atoms with Crippen molar-refractivity contribution in [2.45, 2.75) is 4.90 Å². The molecule has 4 N–H and O–H groups in total. The molecule has 148 valence electrons. The highest BCUT2D eigenvalue weighted by molar-refractivity contribution is 7.89. The number of nitrogens with two attached hydrogens (primary N) is 1. The number of imide groups is 1. The molecule has 12 heteroatoms. The van der Waals surface area contributed by atoms with Crippen LogP contribution in [0.4, 0.5) is 14.9 Å².